The van der Waals surface area contributed by atoms with Gasteiger partial charge in [-0.3, -0.25) is 14.4 Å². The van der Waals surface area contributed by atoms with Crippen LogP contribution in [-0.4, -0.2) is 98.6 Å². The van der Waals surface area contributed by atoms with Gasteiger partial charge in [-0.05, 0) is 108 Å². The molecule has 2 saturated heterocycles. The first-order chi connectivity index (χ1) is 26.1. The summed E-state index contributed by atoms with van der Waals surface area (Å²) < 4.78 is 2.09. The van der Waals surface area contributed by atoms with Crippen LogP contribution in [0.5, 0.6) is 0 Å². The van der Waals surface area contributed by atoms with Gasteiger partial charge in [0.1, 0.15) is 5.52 Å². The van der Waals surface area contributed by atoms with Crippen LogP contribution in [0.2, 0.25) is 0 Å². The van der Waals surface area contributed by atoms with Gasteiger partial charge in [0.2, 0.25) is 11.8 Å². The Kier molecular flexibility index (Phi) is 9.68. The summed E-state index contributed by atoms with van der Waals surface area (Å²) in [6.45, 7) is 11.2. The Bertz CT molecular complexity index is 2090. The molecule has 0 radical (unpaired) electrons. The van der Waals surface area contributed by atoms with Crippen LogP contribution < -0.4 is 15.5 Å². The van der Waals surface area contributed by atoms with E-state index in [1.165, 1.54) is 19.3 Å². The molecule has 4 aromatic rings. The Labute approximate surface area is 316 Å². The summed E-state index contributed by atoms with van der Waals surface area (Å²) in [5.74, 6) is 0.604. The summed E-state index contributed by atoms with van der Waals surface area (Å²) in [5.41, 5.74) is 6.71. The van der Waals surface area contributed by atoms with Crippen molar-refractivity contribution in [1.82, 2.24) is 29.7 Å². The van der Waals surface area contributed by atoms with Gasteiger partial charge in [0.25, 0.3) is 5.91 Å². The minimum Gasteiger partial charge on any atom is -0.395 e. The van der Waals surface area contributed by atoms with E-state index in [2.05, 4.69) is 57.0 Å². The van der Waals surface area contributed by atoms with E-state index in [4.69, 9.17) is 9.97 Å². The van der Waals surface area contributed by atoms with E-state index >= 15 is 0 Å². The zero-order valence-corrected chi connectivity index (χ0v) is 31.9. The third kappa shape index (κ3) is 6.32. The second-order valence-electron chi connectivity index (χ2n) is 16.0. The van der Waals surface area contributed by atoms with Gasteiger partial charge in [0.15, 0.2) is 5.82 Å². The highest BCUT2D eigenvalue weighted by atomic mass is 16.3. The quantitative estimate of drug-likeness (QED) is 0.200. The van der Waals surface area contributed by atoms with Gasteiger partial charge in [-0.15, -0.1) is 0 Å². The number of carbonyl (C=O) groups is 3. The average Bonchev–Trinajstić information content (AvgIpc) is 3.69. The maximum Gasteiger partial charge on any atom is 0.251 e. The number of piperidine rings is 2. The summed E-state index contributed by atoms with van der Waals surface area (Å²) >= 11 is 0. The molecular weight excluding hydrogens is 681 g/mol. The first kappa shape index (κ1) is 36.2. The van der Waals surface area contributed by atoms with Crippen LogP contribution in [0.1, 0.15) is 93.2 Å². The number of likely N-dealkylation sites (tertiary alicyclic amines) is 2. The Morgan fingerprint density at radius 1 is 0.981 bits per heavy atom. The number of benzene rings is 2. The molecule has 12 heteroatoms. The van der Waals surface area contributed by atoms with Crippen molar-refractivity contribution in [3.05, 3.63) is 65.5 Å². The highest BCUT2D eigenvalue weighted by Crippen LogP contribution is 2.52. The lowest BCUT2D eigenvalue weighted by Crippen LogP contribution is -2.58. The molecule has 284 valence electrons. The molecule has 0 atom stereocenters. The van der Waals surface area contributed by atoms with Crippen molar-refractivity contribution in [3.8, 4) is 11.3 Å². The fraction of sp³-hybridized carbons (Fsp3) is 0.500. The number of aliphatic hydroxyl groups is 1. The molecule has 0 unspecified atom stereocenters. The number of rotatable bonds is 9. The Balaban J connectivity index is 1.17. The molecule has 12 nitrogen and oxygen atoms in total. The Morgan fingerprint density at radius 2 is 1.74 bits per heavy atom. The predicted molar refractivity (Wildman–Crippen MR) is 210 cm³/mol. The average molecular weight is 733 g/mol. The summed E-state index contributed by atoms with van der Waals surface area (Å²) in [6.07, 6.45) is 8.84. The highest BCUT2D eigenvalue weighted by molar-refractivity contribution is 6.09. The Hall–Kier alpha value is -4.81. The normalized spacial score (nSPS) is 21.1. The largest absolute Gasteiger partial charge is 0.395 e. The van der Waals surface area contributed by atoms with E-state index in [9.17, 15) is 19.5 Å². The number of carbonyl (C=O) groups excluding carboxylic acids is 3. The first-order valence-corrected chi connectivity index (χ1v) is 19.7. The fourth-order valence-corrected chi connectivity index (χ4v) is 9.18. The molecule has 2 aromatic carbocycles. The summed E-state index contributed by atoms with van der Waals surface area (Å²) in [7, 11) is 0. The number of nitrogens with one attached hydrogen (secondary N) is 2. The second kappa shape index (κ2) is 14.4. The van der Waals surface area contributed by atoms with Gasteiger partial charge in [-0.2, -0.15) is 0 Å². The number of hydrogen-bond acceptors (Lipinski definition) is 8. The van der Waals surface area contributed by atoms with Gasteiger partial charge < -0.3 is 35.0 Å². The fourth-order valence-electron chi connectivity index (χ4n) is 9.18. The summed E-state index contributed by atoms with van der Waals surface area (Å²) in [4.78, 5) is 56.6. The van der Waals surface area contributed by atoms with E-state index < -0.39 is 5.41 Å². The Morgan fingerprint density at radius 3 is 2.44 bits per heavy atom. The standard InChI is InChI=1S/C42H52N8O4/c1-26(2)49-25-44-36-24-35(46-39(38(36)49)45-30-10-8-27(3)33(21-30)40(53)43-14-19-51)29-9-11-34-37(20-29)50(32-22-31(23-32)48-15-6-5-7-16-48)41(54)42(34)12-17-47(18-13-42)28(4)52/h8-11,20-21,24-26,31-32,51H,5-7,12-19,22-23H2,1-4H3,(H,43,53)(H,45,46). The predicted octanol–water partition coefficient (Wildman–Crippen LogP) is 5.70. The SMILES string of the molecule is CC(=O)N1CCC2(CC1)C(=O)N(C1CC(N3CCCCC3)C1)c1cc(-c3cc4ncn(C(C)C)c4c(Nc4ccc(C)c(C(=O)NCCO)c4)n3)ccc12. The molecule has 2 aromatic heterocycles. The van der Waals surface area contributed by atoms with Crippen molar-refractivity contribution in [2.24, 2.45) is 0 Å². The molecule has 1 spiro atoms. The number of amides is 3. The van der Waals surface area contributed by atoms with E-state index in [0.717, 1.165) is 65.0 Å². The van der Waals surface area contributed by atoms with Crippen LogP contribution in [0.4, 0.5) is 17.2 Å². The molecule has 3 aliphatic heterocycles. The van der Waals surface area contributed by atoms with Crippen molar-refractivity contribution in [2.75, 3.05) is 49.5 Å². The van der Waals surface area contributed by atoms with Crippen LogP contribution in [0.25, 0.3) is 22.3 Å². The molecule has 4 aliphatic rings. The third-order valence-corrected chi connectivity index (χ3v) is 12.4. The van der Waals surface area contributed by atoms with Crippen LogP contribution in [0.3, 0.4) is 0 Å². The minimum absolute atomic E-state index is 0.0590. The van der Waals surface area contributed by atoms with Gasteiger partial charge in [0, 0.05) is 67.2 Å². The lowest BCUT2D eigenvalue weighted by molar-refractivity contribution is -0.134. The van der Waals surface area contributed by atoms with Crippen LogP contribution in [0, 0.1) is 6.92 Å². The van der Waals surface area contributed by atoms with E-state index in [1.807, 2.05) is 42.4 Å². The lowest BCUT2D eigenvalue weighted by Gasteiger charge is -2.48. The zero-order chi connectivity index (χ0) is 37.7. The van der Waals surface area contributed by atoms with Gasteiger partial charge >= 0.3 is 0 Å². The van der Waals surface area contributed by atoms with Crippen LogP contribution in [0.15, 0.2) is 48.8 Å². The van der Waals surface area contributed by atoms with E-state index in [1.54, 1.807) is 6.92 Å². The zero-order valence-electron chi connectivity index (χ0n) is 31.9. The number of imidazole rings is 1. The molecule has 54 heavy (non-hydrogen) atoms. The minimum atomic E-state index is -0.636. The molecule has 0 bridgehead atoms. The number of aliphatic hydroxyl groups excluding tert-OH is 1. The molecule has 5 heterocycles. The van der Waals surface area contributed by atoms with Crippen LogP contribution in [-0.2, 0) is 15.0 Å². The molecule has 1 saturated carbocycles. The highest BCUT2D eigenvalue weighted by Gasteiger charge is 2.55. The number of anilines is 3. The van der Waals surface area contributed by atoms with Crippen molar-refractivity contribution in [3.63, 3.8) is 0 Å². The van der Waals surface area contributed by atoms with E-state index in [-0.39, 0.29) is 43.0 Å². The molecule has 3 N–H and O–H groups in total. The van der Waals surface area contributed by atoms with Crippen LogP contribution >= 0.6 is 0 Å². The molecule has 8 rings (SSSR count). The van der Waals surface area contributed by atoms with Crippen molar-refractivity contribution >= 4 is 45.9 Å². The van der Waals surface area contributed by atoms with Crippen molar-refractivity contribution < 1.29 is 19.5 Å². The van der Waals surface area contributed by atoms with Gasteiger partial charge in [-0.25, -0.2) is 9.97 Å². The van der Waals surface area contributed by atoms with Crippen molar-refractivity contribution in [1.29, 1.82) is 0 Å². The molecular formula is C42H52N8O4. The summed E-state index contributed by atoms with van der Waals surface area (Å²) in [6, 6.07) is 14.8. The van der Waals surface area contributed by atoms with Crippen molar-refractivity contribution in [2.45, 2.75) is 96.2 Å². The second-order valence-corrected chi connectivity index (χ2v) is 16.0. The monoisotopic (exact) mass is 732 g/mol. The number of nitrogens with zero attached hydrogens (tertiary/aromatic N) is 6. The summed E-state index contributed by atoms with van der Waals surface area (Å²) in [5, 5.41) is 15.5. The van der Waals surface area contributed by atoms with Gasteiger partial charge in [-0.1, -0.05) is 24.6 Å². The number of pyridine rings is 1. The maximum absolute atomic E-state index is 14.8. The third-order valence-electron chi connectivity index (χ3n) is 12.4. The molecule has 1 aliphatic carbocycles. The number of hydrogen-bond donors (Lipinski definition) is 3. The topological polar surface area (TPSA) is 136 Å². The lowest BCUT2D eigenvalue weighted by atomic mass is 9.73. The number of fused-ring (bicyclic) bond motifs is 3. The smallest absolute Gasteiger partial charge is 0.251 e. The van der Waals surface area contributed by atoms with Gasteiger partial charge in [0.05, 0.1) is 29.6 Å². The number of aromatic nitrogens is 3. The molecule has 3 fully saturated rings. The van der Waals surface area contributed by atoms with E-state index in [0.29, 0.717) is 49.0 Å². The number of aryl methyl sites for hydroxylation is 1. The maximum atomic E-state index is 14.8. The first-order valence-electron chi connectivity index (χ1n) is 19.7. The molecule has 3 amide bonds.